The highest BCUT2D eigenvalue weighted by Crippen LogP contribution is 2.23. The van der Waals surface area contributed by atoms with Crippen molar-refractivity contribution in [1.82, 2.24) is 9.88 Å². The van der Waals surface area contributed by atoms with Crippen LogP contribution in [0.3, 0.4) is 0 Å². The molecule has 1 aromatic heterocycles. The summed E-state index contributed by atoms with van der Waals surface area (Å²) in [4.78, 5) is 5.76. The third-order valence-electron chi connectivity index (χ3n) is 5.95. The van der Waals surface area contributed by atoms with E-state index in [2.05, 4.69) is 34.2 Å². The summed E-state index contributed by atoms with van der Waals surface area (Å²) in [5.74, 6) is 0.561. The van der Waals surface area contributed by atoms with Crippen molar-refractivity contribution < 1.29 is 4.39 Å². The fourth-order valence-electron chi connectivity index (χ4n) is 4.30. The molecule has 3 nitrogen and oxygen atoms in total. The van der Waals surface area contributed by atoms with Gasteiger partial charge in [-0.25, -0.2) is 4.39 Å². The second kappa shape index (κ2) is 8.58. The summed E-state index contributed by atoms with van der Waals surface area (Å²) in [5.41, 5.74) is 4.34. The first-order valence-corrected chi connectivity index (χ1v) is 10.2. The number of likely N-dealkylation sites (tertiary alicyclic amines) is 1. The molecule has 1 aliphatic rings. The Labute approximate surface area is 165 Å². The lowest BCUT2D eigenvalue weighted by molar-refractivity contribution is 0.182. The summed E-state index contributed by atoms with van der Waals surface area (Å²) in [7, 11) is 0. The number of aromatic nitrogens is 1. The zero-order valence-corrected chi connectivity index (χ0v) is 16.1. The van der Waals surface area contributed by atoms with E-state index in [1.165, 1.54) is 24.0 Å². The number of rotatable bonds is 6. The molecule has 0 radical (unpaired) electrons. The van der Waals surface area contributed by atoms with E-state index >= 15 is 0 Å². The first-order valence-electron chi connectivity index (χ1n) is 10.2. The Morgan fingerprint density at radius 3 is 2.57 bits per heavy atom. The zero-order chi connectivity index (χ0) is 19.3. The first kappa shape index (κ1) is 18.7. The van der Waals surface area contributed by atoms with Crippen LogP contribution >= 0.6 is 0 Å². The van der Waals surface area contributed by atoms with Gasteiger partial charge in [0.1, 0.15) is 11.9 Å². The number of nitrogens with one attached hydrogen (secondary N) is 1. The average Bonchev–Trinajstić information content (AvgIpc) is 3.13. The Balaban J connectivity index is 1.21. The predicted molar refractivity (Wildman–Crippen MR) is 111 cm³/mol. The third kappa shape index (κ3) is 4.43. The molecule has 2 aromatic carbocycles. The molecule has 0 spiro atoms. The Hall–Kier alpha value is -2.64. The van der Waals surface area contributed by atoms with E-state index in [0.717, 1.165) is 49.8 Å². The van der Waals surface area contributed by atoms with Crippen molar-refractivity contribution >= 4 is 10.9 Å². The molecule has 1 aliphatic heterocycles. The molecule has 1 N–H and O–H groups in total. The van der Waals surface area contributed by atoms with Crippen LogP contribution in [0.15, 0.2) is 48.7 Å². The fraction of sp³-hybridized carbons (Fsp3) is 0.375. The van der Waals surface area contributed by atoms with Gasteiger partial charge in [-0.2, -0.15) is 5.26 Å². The van der Waals surface area contributed by atoms with Crippen LogP contribution in [-0.2, 0) is 12.8 Å². The highest BCUT2D eigenvalue weighted by atomic mass is 19.1. The SMILES string of the molecule is N#Cc1c[nH]c2cc(CCCN3CCC(Cc4ccc(F)cc4)CC3)ccc12. The molecule has 0 aliphatic carbocycles. The molecule has 3 aromatic rings. The largest absolute Gasteiger partial charge is 0.360 e. The highest BCUT2D eigenvalue weighted by Gasteiger charge is 2.19. The Bertz CT molecular complexity index is 960. The number of benzene rings is 2. The topological polar surface area (TPSA) is 42.8 Å². The lowest BCUT2D eigenvalue weighted by atomic mass is 9.90. The predicted octanol–water partition coefficient (Wildman–Crippen LogP) is 5.07. The number of fused-ring (bicyclic) bond motifs is 1. The second-order valence-electron chi connectivity index (χ2n) is 7.91. The van der Waals surface area contributed by atoms with Crippen LogP contribution in [0.2, 0.25) is 0 Å². The van der Waals surface area contributed by atoms with Gasteiger partial charge in [0.25, 0.3) is 0 Å². The maximum atomic E-state index is 13.0. The number of nitrogens with zero attached hydrogens (tertiary/aromatic N) is 2. The van der Waals surface area contributed by atoms with Crippen LogP contribution in [-0.4, -0.2) is 29.5 Å². The number of nitriles is 1. The standard InChI is InChI=1S/C24H26FN3/c25-22-6-3-19(4-7-22)14-20-9-12-28(13-10-20)11-1-2-18-5-8-23-21(16-26)17-27-24(23)15-18/h3-8,15,17,20,27H,1-2,9-14H2. The van der Waals surface area contributed by atoms with E-state index in [1.807, 2.05) is 12.1 Å². The number of halogens is 1. The molecule has 4 heteroatoms. The Kier molecular flexibility index (Phi) is 5.73. The van der Waals surface area contributed by atoms with Crippen LogP contribution in [0.1, 0.15) is 36.0 Å². The Morgan fingerprint density at radius 2 is 1.82 bits per heavy atom. The van der Waals surface area contributed by atoms with Crippen LogP contribution < -0.4 is 0 Å². The first-order chi connectivity index (χ1) is 13.7. The lowest BCUT2D eigenvalue weighted by Gasteiger charge is -2.32. The average molecular weight is 375 g/mol. The molecule has 1 fully saturated rings. The summed E-state index contributed by atoms with van der Waals surface area (Å²) in [5, 5.41) is 10.1. The van der Waals surface area contributed by atoms with Crippen molar-refractivity contribution in [2.75, 3.05) is 19.6 Å². The molecule has 4 rings (SSSR count). The number of H-pyrrole nitrogens is 1. The number of hydrogen-bond donors (Lipinski definition) is 1. The lowest BCUT2D eigenvalue weighted by Crippen LogP contribution is -2.35. The molecule has 144 valence electrons. The van der Waals surface area contributed by atoms with Gasteiger partial charge in [0.2, 0.25) is 0 Å². The highest BCUT2D eigenvalue weighted by molar-refractivity contribution is 5.86. The summed E-state index contributed by atoms with van der Waals surface area (Å²) in [6.45, 7) is 3.45. The minimum atomic E-state index is -0.153. The summed E-state index contributed by atoms with van der Waals surface area (Å²) in [6, 6.07) is 15.6. The van der Waals surface area contributed by atoms with Crippen LogP contribution in [0, 0.1) is 23.1 Å². The van der Waals surface area contributed by atoms with E-state index in [4.69, 9.17) is 5.26 Å². The van der Waals surface area contributed by atoms with E-state index in [9.17, 15) is 4.39 Å². The van der Waals surface area contributed by atoms with Gasteiger partial charge < -0.3 is 9.88 Å². The van der Waals surface area contributed by atoms with Crippen LogP contribution in [0.5, 0.6) is 0 Å². The van der Waals surface area contributed by atoms with E-state index in [0.29, 0.717) is 11.5 Å². The smallest absolute Gasteiger partial charge is 0.123 e. The molecule has 0 saturated carbocycles. The van der Waals surface area contributed by atoms with Gasteiger partial charge in [-0.15, -0.1) is 0 Å². The molecular formula is C24H26FN3. The van der Waals surface area contributed by atoms with Crippen molar-refractivity contribution in [3.63, 3.8) is 0 Å². The second-order valence-corrected chi connectivity index (χ2v) is 7.91. The van der Waals surface area contributed by atoms with Gasteiger partial charge in [-0.1, -0.05) is 24.3 Å². The van der Waals surface area contributed by atoms with E-state index in [1.54, 1.807) is 18.3 Å². The zero-order valence-electron chi connectivity index (χ0n) is 16.1. The Morgan fingerprint density at radius 1 is 1.07 bits per heavy atom. The van der Waals surface area contributed by atoms with Gasteiger partial charge in [-0.3, -0.25) is 0 Å². The van der Waals surface area contributed by atoms with Crippen LogP contribution in [0.25, 0.3) is 10.9 Å². The van der Waals surface area contributed by atoms with Gasteiger partial charge in [0.15, 0.2) is 0 Å². The van der Waals surface area contributed by atoms with Crippen molar-refractivity contribution in [2.45, 2.75) is 32.1 Å². The molecule has 0 unspecified atom stereocenters. The van der Waals surface area contributed by atoms with Crippen molar-refractivity contribution in [1.29, 1.82) is 5.26 Å². The molecular weight excluding hydrogens is 349 g/mol. The normalized spacial score (nSPS) is 15.7. The van der Waals surface area contributed by atoms with E-state index in [-0.39, 0.29) is 5.82 Å². The number of aryl methyl sites for hydroxylation is 1. The molecule has 1 saturated heterocycles. The summed E-state index contributed by atoms with van der Waals surface area (Å²) >= 11 is 0. The van der Waals surface area contributed by atoms with Gasteiger partial charge >= 0.3 is 0 Å². The quantitative estimate of drug-likeness (QED) is 0.654. The third-order valence-corrected chi connectivity index (χ3v) is 5.95. The maximum absolute atomic E-state index is 13.0. The molecule has 0 atom stereocenters. The summed E-state index contributed by atoms with van der Waals surface area (Å²) in [6.07, 6.45) is 7.51. The van der Waals surface area contributed by atoms with E-state index < -0.39 is 0 Å². The summed E-state index contributed by atoms with van der Waals surface area (Å²) < 4.78 is 13.0. The maximum Gasteiger partial charge on any atom is 0.123 e. The van der Waals surface area contributed by atoms with Crippen molar-refractivity contribution in [2.24, 2.45) is 5.92 Å². The van der Waals surface area contributed by atoms with Gasteiger partial charge in [-0.05, 0) is 87.0 Å². The van der Waals surface area contributed by atoms with Gasteiger partial charge in [0, 0.05) is 17.1 Å². The fourth-order valence-corrected chi connectivity index (χ4v) is 4.30. The minimum absolute atomic E-state index is 0.153. The van der Waals surface area contributed by atoms with Crippen molar-refractivity contribution in [3.05, 3.63) is 71.2 Å². The molecule has 0 bridgehead atoms. The van der Waals surface area contributed by atoms with Crippen molar-refractivity contribution in [3.8, 4) is 6.07 Å². The van der Waals surface area contributed by atoms with Crippen LogP contribution in [0.4, 0.5) is 4.39 Å². The molecule has 2 heterocycles. The molecule has 28 heavy (non-hydrogen) atoms. The number of piperidine rings is 1. The number of aromatic amines is 1. The molecule has 0 amide bonds. The number of hydrogen-bond acceptors (Lipinski definition) is 2. The minimum Gasteiger partial charge on any atom is -0.360 e. The monoisotopic (exact) mass is 375 g/mol. The van der Waals surface area contributed by atoms with Gasteiger partial charge in [0.05, 0.1) is 5.56 Å².